The van der Waals surface area contributed by atoms with E-state index in [2.05, 4.69) is 25.5 Å². The molecule has 2 aromatic heterocycles. The lowest BCUT2D eigenvalue weighted by Crippen LogP contribution is -2.55. The van der Waals surface area contributed by atoms with Crippen LogP contribution in [0.5, 0.6) is 0 Å². The fraction of sp³-hybridized carbons (Fsp3) is 0.500. The van der Waals surface area contributed by atoms with Gasteiger partial charge in [-0.3, -0.25) is 9.59 Å². The van der Waals surface area contributed by atoms with Crippen molar-refractivity contribution in [1.82, 2.24) is 20.2 Å². The van der Waals surface area contributed by atoms with Gasteiger partial charge in [-0.1, -0.05) is 6.07 Å². The van der Waals surface area contributed by atoms with Crippen molar-refractivity contribution < 1.29 is 18.4 Å². The molecule has 0 spiro atoms. The largest absolute Gasteiger partial charge is 0.371 e. The third-order valence-electron chi connectivity index (χ3n) is 6.30. The molecule has 2 saturated heterocycles. The number of amides is 2. The number of anilines is 3. The fourth-order valence-corrected chi connectivity index (χ4v) is 4.44. The molecule has 34 heavy (non-hydrogen) atoms. The van der Waals surface area contributed by atoms with Crippen LogP contribution in [0.15, 0.2) is 30.5 Å². The Morgan fingerprint density at radius 2 is 1.94 bits per heavy atom. The zero-order valence-corrected chi connectivity index (χ0v) is 19.5. The van der Waals surface area contributed by atoms with Crippen LogP contribution in [0.25, 0.3) is 0 Å². The van der Waals surface area contributed by atoms with Crippen molar-refractivity contribution in [3.8, 4) is 0 Å². The molecular weight excluding hydrogens is 442 g/mol. The number of carbonyl (C=O) groups is 2. The molecule has 0 radical (unpaired) electrons. The number of hydrogen-bond acceptors (Lipinski definition) is 6. The minimum atomic E-state index is -2.98. The summed E-state index contributed by atoms with van der Waals surface area (Å²) in [5.74, 6) is -2.83. The summed E-state index contributed by atoms with van der Waals surface area (Å²) >= 11 is 0. The van der Waals surface area contributed by atoms with Gasteiger partial charge in [0.05, 0.1) is 6.54 Å². The van der Waals surface area contributed by atoms with Crippen molar-refractivity contribution in [1.29, 1.82) is 0 Å². The number of aryl methyl sites for hydroxylation is 1. The van der Waals surface area contributed by atoms with Gasteiger partial charge in [-0.25, -0.2) is 18.7 Å². The molecule has 10 heteroatoms. The molecule has 1 atom stereocenters. The SMILES string of the molecule is CC(=O)NCC1CCC(F)(F)CN1C(=O)c1nc(Nc2cc(N3CCCC3)ccn2)ccc1C. The molecule has 2 N–H and O–H groups in total. The number of piperidine rings is 1. The van der Waals surface area contributed by atoms with Crippen LogP contribution >= 0.6 is 0 Å². The number of halogens is 2. The molecule has 8 nitrogen and oxygen atoms in total. The third-order valence-corrected chi connectivity index (χ3v) is 6.30. The summed E-state index contributed by atoms with van der Waals surface area (Å²) in [4.78, 5) is 37.0. The van der Waals surface area contributed by atoms with E-state index < -0.39 is 24.4 Å². The van der Waals surface area contributed by atoms with Crippen LogP contribution in [0.2, 0.25) is 0 Å². The summed E-state index contributed by atoms with van der Waals surface area (Å²) in [6, 6.07) is 6.84. The summed E-state index contributed by atoms with van der Waals surface area (Å²) in [5.41, 5.74) is 1.75. The van der Waals surface area contributed by atoms with E-state index in [1.807, 2.05) is 12.1 Å². The number of rotatable bonds is 6. The molecule has 0 saturated carbocycles. The van der Waals surface area contributed by atoms with Gasteiger partial charge in [-0.05, 0) is 43.9 Å². The summed E-state index contributed by atoms with van der Waals surface area (Å²) in [6.45, 7) is 4.52. The van der Waals surface area contributed by atoms with Crippen molar-refractivity contribution in [3.63, 3.8) is 0 Å². The van der Waals surface area contributed by atoms with Crippen LogP contribution in [0.3, 0.4) is 0 Å². The smallest absolute Gasteiger partial charge is 0.273 e. The second-order valence-electron chi connectivity index (χ2n) is 9.00. The standard InChI is InChI=1S/C24H30F2N6O2/c1-16-5-6-20(29-21-13-18(8-10-27-21)31-11-3-4-12-31)30-22(16)23(34)32-15-24(25,26)9-7-19(32)14-28-17(2)33/h5-6,8,10,13,19H,3-4,7,9,11-12,14-15H2,1-2H3,(H,28,33)(H,27,29,30). The Morgan fingerprint density at radius 1 is 1.18 bits per heavy atom. The zero-order valence-electron chi connectivity index (χ0n) is 19.5. The molecule has 0 aliphatic carbocycles. The van der Waals surface area contributed by atoms with E-state index >= 15 is 0 Å². The molecular formula is C24H30F2N6O2. The second kappa shape index (κ2) is 9.90. The van der Waals surface area contributed by atoms with Gasteiger partial charge in [0, 0.05) is 57.0 Å². The number of hydrogen-bond donors (Lipinski definition) is 2. The quantitative estimate of drug-likeness (QED) is 0.669. The highest BCUT2D eigenvalue weighted by atomic mass is 19.3. The van der Waals surface area contributed by atoms with Crippen molar-refractivity contribution >= 4 is 29.1 Å². The lowest BCUT2D eigenvalue weighted by atomic mass is 9.98. The zero-order chi connectivity index (χ0) is 24.3. The Hall–Kier alpha value is -3.30. The highest BCUT2D eigenvalue weighted by Crippen LogP contribution is 2.31. The van der Waals surface area contributed by atoms with Gasteiger partial charge in [0.1, 0.15) is 17.3 Å². The maximum absolute atomic E-state index is 14.2. The molecule has 4 heterocycles. The summed E-state index contributed by atoms with van der Waals surface area (Å²) in [7, 11) is 0. The first-order valence-corrected chi connectivity index (χ1v) is 11.6. The first-order valence-electron chi connectivity index (χ1n) is 11.6. The second-order valence-corrected chi connectivity index (χ2v) is 9.00. The molecule has 2 aromatic rings. The van der Waals surface area contributed by atoms with Crippen molar-refractivity contribution in [3.05, 3.63) is 41.7 Å². The molecule has 0 bridgehead atoms. The average molecular weight is 473 g/mol. The van der Waals surface area contributed by atoms with E-state index in [-0.39, 0.29) is 31.0 Å². The predicted molar refractivity (Wildman–Crippen MR) is 126 cm³/mol. The van der Waals surface area contributed by atoms with E-state index in [9.17, 15) is 18.4 Å². The Bertz CT molecular complexity index is 1060. The summed E-state index contributed by atoms with van der Waals surface area (Å²) in [6.07, 6.45) is 3.82. The molecule has 2 amide bonds. The van der Waals surface area contributed by atoms with E-state index in [1.165, 1.54) is 6.92 Å². The highest BCUT2D eigenvalue weighted by Gasteiger charge is 2.42. The van der Waals surface area contributed by atoms with Crippen LogP contribution in [0.4, 0.5) is 26.1 Å². The molecule has 0 aromatic carbocycles. The number of pyridine rings is 2. The van der Waals surface area contributed by atoms with Crippen LogP contribution < -0.4 is 15.5 Å². The summed E-state index contributed by atoms with van der Waals surface area (Å²) in [5, 5.41) is 5.78. The van der Waals surface area contributed by atoms with Crippen LogP contribution in [0.1, 0.15) is 48.7 Å². The lowest BCUT2D eigenvalue weighted by molar-refractivity contribution is -0.119. The normalized spacial score (nSPS) is 19.7. The molecule has 4 rings (SSSR count). The Kier molecular flexibility index (Phi) is 6.95. The fourth-order valence-electron chi connectivity index (χ4n) is 4.44. The van der Waals surface area contributed by atoms with Gasteiger partial charge >= 0.3 is 0 Å². The Balaban J connectivity index is 1.55. The first-order chi connectivity index (χ1) is 16.2. The van der Waals surface area contributed by atoms with Gasteiger partial charge in [0.25, 0.3) is 11.8 Å². The minimum absolute atomic E-state index is 0.100. The average Bonchev–Trinajstić information content (AvgIpc) is 3.34. The number of alkyl halides is 2. The van der Waals surface area contributed by atoms with Gasteiger partial charge in [-0.2, -0.15) is 0 Å². The maximum Gasteiger partial charge on any atom is 0.273 e. The lowest BCUT2D eigenvalue weighted by Gasteiger charge is -2.39. The number of nitrogens with zero attached hydrogens (tertiary/aromatic N) is 4. The maximum atomic E-state index is 14.2. The van der Waals surface area contributed by atoms with Crippen LogP contribution in [-0.4, -0.2) is 64.8 Å². The van der Waals surface area contributed by atoms with E-state index in [0.29, 0.717) is 17.2 Å². The third kappa shape index (κ3) is 5.60. The molecule has 2 aliphatic heterocycles. The predicted octanol–water partition coefficient (Wildman–Crippen LogP) is 3.50. The first kappa shape index (κ1) is 23.8. The van der Waals surface area contributed by atoms with Gasteiger partial charge < -0.3 is 20.4 Å². The van der Waals surface area contributed by atoms with Crippen molar-refractivity contribution in [2.75, 3.05) is 36.4 Å². The minimum Gasteiger partial charge on any atom is -0.371 e. The Morgan fingerprint density at radius 3 is 2.68 bits per heavy atom. The number of aromatic nitrogens is 2. The molecule has 2 fully saturated rings. The van der Waals surface area contributed by atoms with Crippen LogP contribution in [-0.2, 0) is 4.79 Å². The van der Waals surface area contributed by atoms with E-state index in [1.54, 1.807) is 25.3 Å². The Labute approximate surface area is 197 Å². The topological polar surface area (TPSA) is 90.5 Å². The highest BCUT2D eigenvalue weighted by molar-refractivity contribution is 5.94. The van der Waals surface area contributed by atoms with Gasteiger partial charge in [0.2, 0.25) is 5.91 Å². The summed E-state index contributed by atoms with van der Waals surface area (Å²) < 4.78 is 28.4. The van der Waals surface area contributed by atoms with Gasteiger partial charge in [-0.15, -0.1) is 0 Å². The molecule has 1 unspecified atom stereocenters. The molecule has 182 valence electrons. The van der Waals surface area contributed by atoms with Crippen LogP contribution in [0, 0.1) is 6.92 Å². The number of nitrogens with one attached hydrogen (secondary N) is 2. The molecule has 2 aliphatic rings. The van der Waals surface area contributed by atoms with Crippen molar-refractivity contribution in [2.24, 2.45) is 0 Å². The van der Waals surface area contributed by atoms with Gasteiger partial charge in [0.15, 0.2) is 0 Å². The van der Waals surface area contributed by atoms with E-state index in [0.717, 1.165) is 36.5 Å². The monoisotopic (exact) mass is 472 g/mol. The van der Waals surface area contributed by atoms with Crippen molar-refractivity contribution in [2.45, 2.75) is 51.5 Å². The number of carbonyl (C=O) groups excluding carboxylic acids is 2. The number of likely N-dealkylation sites (tertiary alicyclic amines) is 1. The van der Waals surface area contributed by atoms with E-state index in [4.69, 9.17) is 0 Å².